The molecule has 0 aliphatic heterocycles. The molecule has 0 heterocycles. The molecule has 0 radical (unpaired) electrons. The van der Waals surface area contributed by atoms with E-state index in [1.807, 2.05) is 30.3 Å². The molecule has 0 amide bonds. The van der Waals surface area contributed by atoms with Crippen LogP contribution in [-0.4, -0.2) is 62.9 Å². The van der Waals surface area contributed by atoms with Gasteiger partial charge in [0.25, 0.3) is 0 Å². The second kappa shape index (κ2) is 28.5. The molecule has 0 bridgehead atoms. The number of ether oxygens (including phenoxy) is 1. The minimum absolute atomic E-state index is 0. The molecule has 0 fully saturated rings. The number of rotatable bonds is 25. The van der Waals surface area contributed by atoms with Crippen molar-refractivity contribution in [2.75, 3.05) is 53.9 Å². The molecule has 2 aromatic rings. The highest BCUT2D eigenvalue weighted by Crippen LogP contribution is 2.37. The summed E-state index contributed by atoms with van der Waals surface area (Å²) < 4.78 is 8.30. The summed E-state index contributed by atoms with van der Waals surface area (Å²) in [4.78, 5) is 0. The summed E-state index contributed by atoms with van der Waals surface area (Å²) in [6, 6.07) is 21.2. The number of hydrogen-bond acceptors (Lipinski definition) is 1. The van der Waals surface area contributed by atoms with Crippen LogP contribution in [0, 0.1) is 11.8 Å². The zero-order valence-electron chi connectivity index (χ0n) is 33.9. The van der Waals surface area contributed by atoms with E-state index in [0.717, 1.165) is 41.0 Å². The summed E-state index contributed by atoms with van der Waals surface area (Å²) in [6.45, 7) is 21.9. The van der Waals surface area contributed by atoms with Gasteiger partial charge in [-0.25, -0.2) is 0 Å². The highest BCUT2D eigenvalue weighted by molar-refractivity contribution is 5.22. The van der Waals surface area contributed by atoms with Crippen molar-refractivity contribution in [2.45, 2.75) is 144 Å². The SMILES string of the molecule is CC(C)C[N+](CCOc1ccccc1)(CC(C)C)C(C)(C)c1ccccc1.CCCCCCCCCCCCCCCC[N+](C)(C)C.[Br-].[Cl-]. The average Bonchev–Trinajstić information content (AvgIpc) is 3.01. The van der Waals surface area contributed by atoms with Crippen LogP contribution in [0.3, 0.4) is 0 Å². The van der Waals surface area contributed by atoms with Gasteiger partial charge in [0.05, 0.1) is 40.8 Å². The standard InChI is InChI=1S/C25H38NO.C19H42N.BrH.ClH/c1-21(2)19-26(20-22(3)4,17-18-27-24-15-11-8-12-16-24)25(5,6)23-13-9-7-10-14-23;1-5-6-7-8-9-10-11-12-13-14-15-16-17-18-19-20(2,3)4;;/h7-16,21-22H,17-20H2,1-6H3;5-19H2,1-4H3;2*1H/q2*+1;;/p-2. The van der Waals surface area contributed by atoms with Gasteiger partial charge in [0.15, 0.2) is 0 Å². The first-order chi connectivity index (χ1) is 22.3. The Bertz CT molecular complexity index is 981. The van der Waals surface area contributed by atoms with Crippen LogP contribution in [0.2, 0.25) is 0 Å². The number of unbranched alkanes of at least 4 members (excludes halogenated alkanes) is 13. The summed E-state index contributed by atoms with van der Waals surface area (Å²) in [5.41, 5.74) is 1.43. The van der Waals surface area contributed by atoms with Crippen LogP contribution in [0.15, 0.2) is 60.7 Å². The van der Waals surface area contributed by atoms with Gasteiger partial charge in [-0.2, -0.15) is 0 Å². The molecular formula is C44H80BrClN2O. The normalized spacial score (nSPS) is 11.8. The van der Waals surface area contributed by atoms with Gasteiger partial charge < -0.3 is 43.1 Å². The van der Waals surface area contributed by atoms with Gasteiger partial charge in [-0.1, -0.05) is 160 Å². The van der Waals surface area contributed by atoms with Crippen molar-refractivity contribution in [3.05, 3.63) is 66.2 Å². The van der Waals surface area contributed by atoms with Crippen molar-refractivity contribution in [3.63, 3.8) is 0 Å². The highest BCUT2D eigenvalue weighted by atomic mass is 79.9. The average molecular weight is 768 g/mol. The quantitative estimate of drug-likeness (QED) is 0.0851. The second-order valence-corrected chi connectivity index (χ2v) is 16.7. The third-order valence-corrected chi connectivity index (χ3v) is 9.81. The van der Waals surface area contributed by atoms with Gasteiger partial charge >= 0.3 is 0 Å². The first-order valence-electron chi connectivity index (χ1n) is 19.7. The molecule has 0 atom stereocenters. The number of nitrogens with zero attached hydrogens (tertiary/aromatic N) is 2. The lowest BCUT2D eigenvalue weighted by Gasteiger charge is -2.52. The predicted molar refractivity (Wildman–Crippen MR) is 209 cm³/mol. The fraction of sp³-hybridized carbons (Fsp3) is 0.727. The van der Waals surface area contributed by atoms with Crippen molar-refractivity contribution < 1.29 is 43.1 Å². The Hall–Kier alpha value is -1.07. The molecule has 49 heavy (non-hydrogen) atoms. The van der Waals surface area contributed by atoms with Crippen molar-refractivity contribution in [3.8, 4) is 5.75 Å². The van der Waals surface area contributed by atoms with Gasteiger partial charge in [-0.05, 0) is 38.8 Å². The monoisotopic (exact) mass is 767 g/mol. The van der Waals surface area contributed by atoms with Crippen LogP contribution >= 0.6 is 0 Å². The van der Waals surface area contributed by atoms with Crippen LogP contribution < -0.4 is 34.1 Å². The summed E-state index contributed by atoms with van der Waals surface area (Å²) in [7, 11) is 6.88. The van der Waals surface area contributed by atoms with E-state index >= 15 is 0 Å². The Morgan fingerprint density at radius 2 is 0.959 bits per heavy atom. The number of benzene rings is 2. The summed E-state index contributed by atoms with van der Waals surface area (Å²) >= 11 is 0. The Morgan fingerprint density at radius 3 is 1.35 bits per heavy atom. The van der Waals surface area contributed by atoms with Gasteiger partial charge in [0.1, 0.15) is 24.4 Å². The van der Waals surface area contributed by atoms with E-state index in [-0.39, 0.29) is 34.9 Å². The molecule has 2 aromatic carbocycles. The fourth-order valence-corrected chi connectivity index (χ4v) is 7.15. The molecule has 0 aliphatic carbocycles. The molecule has 3 nitrogen and oxygen atoms in total. The maximum atomic E-state index is 6.14. The molecule has 0 saturated heterocycles. The number of para-hydroxylation sites is 1. The minimum atomic E-state index is 0. The topological polar surface area (TPSA) is 9.23 Å². The molecule has 0 unspecified atom stereocenters. The maximum Gasteiger partial charge on any atom is 0.137 e. The maximum absolute atomic E-state index is 6.14. The van der Waals surface area contributed by atoms with E-state index in [9.17, 15) is 0 Å². The zero-order valence-corrected chi connectivity index (χ0v) is 36.3. The first-order valence-corrected chi connectivity index (χ1v) is 19.7. The van der Waals surface area contributed by atoms with Crippen molar-refractivity contribution in [1.29, 1.82) is 0 Å². The lowest BCUT2D eigenvalue weighted by Crippen LogP contribution is -3.00. The van der Waals surface area contributed by atoms with Crippen LogP contribution in [-0.2, 0) is 5.54 Å². The molecule has 286 valence electrons. The molecule has 0 aromatic heterocycles. The van der Waals surface area contributed by atoms with Gasteiger partial charge in [-0.3, -0.25) is 0 Å². The summed E-state index contributed by atoms with van der Waals surface area (Å²) in [6.07, 6.45) is 20.4. The van der Waals surface area contributed by atoms with E-state index in [1.54, 1.807) is 0 Å². The van der Waals surface area contributed by atoms with Crippen molar-refractivity contribution >= 4 is 0 Å². The van der Waals surface area contributed by atoms with E-state index < -0.39 is 0 Å². The predicted octanol–water partition coefficient (Wildman–Crippen LogP) is 6.31. The second-order valence-electron chi connectivity index (χ2n) is 16.7. The van der Waals surface area contributed by atoms with Gasteiger partial charge in [-0.15, -0.1) is 0 Å². The van der Waals surface area contributed by atoms with Crippen molar-refractivity contribution in [1.82, 2.24) is 0 Å². The van der Waals surface area contributed by atoms with E-state index in [4.69, 9.17) is 4.74 Å². The Labute approximate surface area is 323 Å². The lowest BCUT2D eigenvalue weighted by molar-refractivity contribution is -0.985. The Balaban J connectivity index is 0. The molecular weight excluding hydrogens is 688 g/mol. The first kappa shape index (κ1) is 50.0. The molecule has 0 saturated carbocycles. The summed E-state index contributed by atoms with van der Waals surface area (Å²) in [5, 5.41) is 0. The van der Waals surface area contributed by atoms with E-state index in [2.05, 4.69) is 99.9 Å². The van der Waals surface area contributed by atoms with Crippen LogP contribution in [0.5, 0.6) is 5.75 Å². The highest BCUT2D eigenvalue weighted by Gasteiger charge is 2.45. The zero-order chi connectivity index (χ0) is 35.0. The lowest BCUT2D eigenvalue weighted by atomic mass is 9.86. The van der Waals surface area contributed by atoms with Crippen LogP contribution in [0.25, 0.3) is 0 Å². The minimum Gasteiger partial charge on any atom is -1.00 e. The van der Waals surface area contributed by atoms with Gasteiger partial charge in [0, 0.05) is 17.4 Å². The molecule has 0 spiro atoms. The third-order valence-electron chi connectivity index (χ3n) is 9.81. The molecule has 5 heteroatoms. The Morgan fingerprint density at radius 1 is 0.571 bits per heavy atom. The van der Waals surface area contributed by atoms with E-state index in [1.165, 1.54) is 102 Å². The van der Waals surface area contributed by atoms with E-state index in [0.29, 0.717) is 11.8 Å². The fourth-order valence-electron chi connectivity index (χ4n) is 7.15. The summed E-state index contributed by atoms with van der Waals surface area (Å²) in [5.74, 6) is 2.22. The number of halogens is 2. The molecule has 0 N–H and O–H groups in total. The van der Waals surface area contributed by atoms with Crippen molar-refractivity contribution in [2.24, 2.45) is 11.8 Å². The molecule has 2 rings (SSSR count). The number of hydrogen-bond donors (Lipinski definition) is 0. The molecule has 0 aliphatic rings. The van der Waals surface area contributed by atoms with Gasteiger partial charge in [0.2, 0.25) is 0 Å². The largest absolute Gasteiger partial charge is 1.00 e. The number of quaternary nitrogens is 2. The smallest absolute Gasteiger partial charge is 0.137 e. The third kappa shape index (κ3) is 23.2. The Kier molecular flexibility index (Phi) is 29.1. The van der Waals surface area contributed by atoms with Crippen LogP contribution in [0.1, 0.15) is 144 Å². The van der Waals surface area contributed by atoms with Crippen LogP contribution in [0.4, 0.5) is 0 Å².